The van der Waals surface area contributed by atoms with E-state index in [9.17, 15) is 4.79 Å². The first-order valence-electron chi connectivity index (χ1n) is 7.24. The van der Waals surface area contributed by atoms with Gasteiger partial charge in [0, 0.05) is 19.0 Å². The van der Waals surface area contributed by atoms with Crippen molar-refractivity contribution in [2.75, 3.05) is 13.1 Å². The van der Waals surface area contributed by atoms with Gasteiger partial charge in [0.15, 0.2) is 0 Å². The Morgan fingerprint density at radius 3 is 2.71 bits per heavy atom. The minimum Gasteiger partial charge on any atom is -0.352 e. The number of rotatable bonds is 3. The van der Waals surface area contributed by atoms with E-state index in [1.165, 1.54) is 32.1 Å². The largest absolute Gasteiger partial charge is 0.352 e. The van der Waals surface area contributed by atoms with Crippen LogP contribution in [-0.4, -0.2) is 25.0 Å². The van der Waals surface area contributed by atoms with E-state index >= 15 is 0 Å². The molecule has 1 saturated carbocycles. The molecule has 0 spiro atoms. The molecule has 1 amide bonds. The molecule has 1 heterocycles. The van der Waals surface area contributed by atoms with Gasteiger partial charge in [-0.15, -0.1) is 0 Å². The molecule has 1 aliphatic carbocycles. The lowest BCUT2D eigenvalue weighted by molar-refractivity contribution is -0.123. The quantitative estimate of drug-likeness (QED) is 0.790. The molecule has 1 saturated heterocycles. The first kappa shape index (κ1) is 12.9. The first-order valence-corrected chi connectivity index (χ1v) is 7.24. The molecule has 3 heteroatoms. The topological polar surface area (TPSA) is 41.1 Å². The monoisotopic (exact) mass is 238 g/mol. The summed E-state index contributed by atoms with van der Waals surface area (Å²) in [7, 11) is 0. The summed E-state index contributed by atoms with van der Waals surface area (Å²) >= 11 is 0. The molecule has 2 unspecified atom stereocenters. The third-order valence-corrected chi connectivity index (χ3v) is 4.13. The standard InChI is InChI=1S/C14H26N2O/c1-11-7-13(10-15-9-11)16-14(17)8-12-5-3-2-4-6-12/h11-13,15H,2-10H2,1H3,(H,16,17). The molecule has 98 valence electrons. The number of hydrogen-bond acceptors (Lipinski definition) is 2. The number of nitrogens with one attached hydrogen (secondary N) is 2. The molecule has 0 aromatic rings. The Morgan fingerprint density at radius 1 is 1.24 bits per heavy atom. The Kier molecular flexibility index (Phi) is 4.84. The zero-order valence-corrected chi connectivity index (χ0v) is 11.0. The van der Waals surface area contributed by atoms with Gasteiger partial charge in [-0.2, -0.15) is 0 Å². The number of piperidine rings is 1. The highest BCUT2D eigenvalue weighted by Crippen LogP contribution is 2.26. The highest BCUT2D eigenvalue weighted by molar-refractivity contribution is 5.76. The van der Waals surface area contributed by atoms with E-state index in [0.717, 1.165) is 25.9 Å². The normalized spacial score (nSPS) is 31.1. The third kappa shape index (κ3) is 4.30. The van der Waals surface area contributed by atoms with E-state index in [0.29, 0.717) is 17.9 Å². The summed E-state index contributed by atoms with van der Waals surface area (Å²) in [6.45, 7) is 4.28. The predicted octanol–water partition coefficient (Wildman–Crippen LogP) is 2.07. The van der Waals surface area contributed by atoms with Gasteiger partial charge in [0.05, 0.1) is 0 Å². The Morgan fingerprint density at radius 2 is 2.00 bits per heavy atom. The molecular weight excluding hydrogens is 212 g/mol. The summed E-state index contributed by atoms with van der Waals surface area (Å²) in [5.41, 5.74) is 0. The maximum absolute atomic E-state index is 11.9. The molecule has 2 fully saturated rings. The van der Waals surface area contributed by atoms with Crippen molar-refractivity contribution in [2.24, 2.45) is 11.8 Å². The van der Waals surface area contributed by atoms with E-state index in [-0.39, 0.29) is 5.91 Å². The highest BCUT2D eigenvalue weighted by Gasteiger charge is 2.22. The maximum atomic E-state index is 11.9. The minimum atomic E-state index is 0.276. The van der Waals surface area contributed by atoms with Crippen LogP contribution in [0.25, 0.3) is 0 Å². The first-order chi connectivity index (χ1) is 8.24. The van der Waals surface area contributed by atoms with Crippen LogP contribution in [0.2, 0.25) is 0 Å². The fraction of sp³-hybridized carbons (Fsp3) is 0.929. The molecule has 0 bridgehead atoms. The van der Waals surface area contributed by atoms with E-state index in [4.69, 9.17) is 0 Å². The van der Waals surface area contributed by atoms with E-state index in [1.54, 1.807) is 0 Å². The molecule has 1 aliphatic heterocycles. The lowest BCUT2D eigenvalue weighted by atomic mass is 9.86. The molecule has 0 aromatic heterocycles. The average Bonchev–Trinajstić information content (AvgIpc) is 2.30. The smallest absolute Gasteiger partial charge is 0.220 e. The molecule has 2 N–H and O–H groups in total. The van der Waals surface area contributed by atoms with Crippen molar-refractivity contribution in [3.8, 4) is 0 Å². The zero-order valence-electron chi connectivity index (χ0n) is 11.0. The summed E-state index contributed by atoms with van der Waals surface area (Å²) in [4.78, 5) is 11.9. The van der Waals surface area contributed by atoms with Gasteiger partial charge in [-0.3, -0.25) is 4.79 Å². The van der Waals surface area contributed by atoms with Crippen LogP contribution in [0.1, 0.15) is 51.9 Å². The van der Waals surface area contributed by atoms with Crippen molar-refractivity contribution in [1.29, 1.82) is 0 Å². The Hall–Kier alpha value is -0.570. The van der Waals surface area contributed by atoms with Crippen LogP contribution in [0.5, 0.6) is 0 Å². The van der Waals surface area contributed by atoms with Gasteiger partial charge in [-0.25, -0.2) is 0 Å². The summed E-state index contributed by atoms with van der Waals surface area (Å²) < 4.78 is 0. The number of hydrogen-bond donors (Lipinski definition) is 2. The summed E-state index contributed by atoms with van der Waals surface area (Å²) in [6.07, 6.45) is 8.40. The van der Waals surface area contributed by atoms with Crippen molar-refractivity contribution in [3.63, 3.8) is 0 Å². The van der Waals surface area contributed by atoms with Crippen molar-refractivity contribution >= 4 is 5.91 Å². The fourth-order valence-corrected chi connectivity index (χ4v) is 3.21. The number of carbonyl (C=O) groups is 1. The minimum absolute atomic E-state index is 0.276. The second-order valence-electron chi connectivity index (χ2n) is 5.97. The number of amides is 1. The summed E-state index contributed by atoms with van der Waals surface area (Å²) in [5, 5.41) is 6.57. The zero-order chi connectivity index (χ0) is 12.1. The third-order valence-electron chi connectivity index (χ3n) is 4.13. The Balaban J connectivity index is 1.68. The van der Waals surface area contributed by atoms with Crippen LogP contribution in [0.15, 0.2) is 0 Å². The summed E-state index contributed by atoms with van der Waals surface area (Å²) in [5.74, 6) is 1.61. The van der Waals surface area contributed by atoms with Crippen LogP contribution < -0.4 is 10.6 Å². The second-order valence-corrected chi connectivity index (χ2v) is 5.97. The maximum Gasteiger partial charge on any atom is 0.220 e. The van der Waals surface area contributed by atoms with Crippen LogP contribution in [-0.2, 0) is 4.79 Å². The van der Waals surface area contributed by atoms with Gasteiger partial charge in [0.25, 0.3) is 0 Å². The molecular formula is C14H26N2O. The van der Waals surface area contributed by atoms with E-state index < -0.39 is 0 Å². The molecule has 2 aliphatic rings. The Labute approximate surface area is 105 Å². The predicted molar refractivity (Wildman–Crippen MR) is 69.8 cm³/mol. The molecule has 3 nitrogen and oxygen atoms in total. The lowest BCUT2D eigenvalue weighted by Crippen LogP contribution is -2.48. The molecule has 0 radical (unpaired) electrons. The van der Waals surface area contributed by atoms with Gasteiger partial charge in [-0.1, -0.05) is 26.2 Å². The van der Waals surface area contributed by atoms with Gasteiger partial charge < -0.3 is 10.6 Å². The van der Waals surface area contributed by atoms with Crippen molar-refractivity contribution < 1.29 is 4.79 Å². The fourth-order valence-electron chi connectivity index (χ4n) is 3.21. The van der Waals surface area contributed by atoms with Crippen molar-refractivity contribution in [1.82, 2.24) is 10.6 Å². The van der Waals surface area contributed by atoms with Crippen molar-refractivity contribution in [2.45, 2.75) is 57.9 Å². The molecule has 17 heavy (non-hydrogen) atoms. The molecule has 0 aromatic carbocycles. The van der Waals surface area contributed by atoms with Crippen LogP contribution >= 0.6 is 0 Å². The lowest BCUT2D eigenvalue weighted by Gasteiger charge is -2.29. The van der Waals surface area contributed by atoms with E-state index in [1.807, 2.05) is 0 Å². The van der Waals surface area contributed by atoms with Gasteiger partial charge in [0.2, 0.25) is 5.91 Å². The Bertz CT molecular complexity index is 249. The van der Waals surface area contributed by atoms with E-state index in [2.05, 4.69) is 17.6 Å². The van der Waals surface area contributed by atoms with Crippen LogP contribution in [0, 0.1) is 11.8 Å². The summed E-state index contributed by atoms with van der Waals surface area (Å²) in [6, 6.07) is 0.356. The number of carbonyl (C=O) groups excluding carboxylic acids is 1. The SMILES string of the molecule is CC1CNCC(NC(=O)CC2CCCCC2)C1. The molecule has 2 rings (SSSR count). The van der Waals surface area contributed by atoms with Crippen molar-refractivity contribution in [3.05, 3.63) is 0 Å². The average molecular weight is 238 g/mol. The molecule has 2 atom stereocenters. The van der Waals surface area contributed by atoms with Gasteiger partial charge in [-0.05, 0) is 37.6 Å². The van der Waals surface area contributed by atoms with Crippen LogP contribution in [0.3, 0.4) is 0 Å². The highest BCUT2D eigenvalue weighted by atomic mass is 16.1. The van der Waals surface area contributed by atoms with Gasteiger partial charge in [0.1, 0.15) is 0 Å². The van der Waals surface area contributed by atoms with Gasteiger partial charge >= 0.3 is 0 Å². The van der Waals surface area contributed by atoms with Crippen LogP contribution in [0.4, 0.5) is 0 Å². The second kappa shape index (κ2) is 6.39.